The number of hydrogen-bond donors (Lipinski definition) is 5. The maximum Gasteiger partial charge on any atom is 0.320 e. The normalized spacial score (nSPS) is 13.2. The van der Waals surface area contributed by atoms with E-state index in [1.54, 1.807) is 83.9 Å². The lowest BCUT2D eigenvalue weighted by molar-refractivity contribution is -0.151. The van der Waals surface area contributed by atoms with Gasteiger partial charge in [-0.15, -0.1) is 0 Å². The SMILES string of the molecule is COC(=O)C[C@@H](C(=O)O)C(C)C.COC(=O)C[C@H](C(=O)O)c1ccccc1.COC(=O)C[C@H](C)C(=O)O.CO[C@H](C)[C@H](C)C(=O)O.C[C@H](C(=O)O)N(C)C. The van der Waals surface area contributed by atoms with Gasteiger partial charge in [-0.25, -0.2) is 0 Å². The molecule has 0 saturated carbocycles. The first-order valence-corrected chi connectivity index (χ1v) is 16.4. The molecule has 6 atom stereocenters. The summed E-state index contributed by atoms with van der Waals surface area (Å²) in [6.07, 6.45) is -0.465. The fraction of sp³-hybridized carbons (Fsp3) is 0.611. The van der Waals surface area contributed by atoms with E-state index < -0.39 is 71.4 Å². The summed E-state index contributed by atoms with van der Waals surface area (Å²) in [5, 5.41) is 42.7. The molecule has 18 nitrogen and oxygen atoms in total. The van der Waals surface area contributed by atoms with Gasteiger partial charge in [0.05, 0.1) is 70.4 Å². The van der Waals surface area contributed by atoms with Crippen LogP contribution < -0.4 is 0 Å². The van der Waals surface area contributed by atoms with Crippen LogP contribution in [-0.4, -0.2) is 133 Å². The van der Waals surface area contributed by atoms with Gasteiger partial charge < -0.3 is 44.5 Å². The van der Waals surface area contributed by atoms with Gasteiger partial charge in [0, 0.05) is 7.11 Å². The minimum atomic E-state index is -1.02. The molecule has 0 radical (unpaired) electrons. The van der Waals surface area contributed by atoms with Crippen molar-refractivity contribution in [2.24, 2.45) is 23.7 Å². The number of carboxylic acid groups (broad SMARTS) is 5. The molecule has 18 heteroatoms. The third kappa shape index (κ3) is 28.5. The number of rotatable bonds is 16. The first-order chi connectivity index (χ1) is 24.9. The predicted molar refractivity (Wildman–Crippen MR) is 194 cm³/mol. The summed E-state index contributed by atoms with van der Waals surface area (Å²) in [4.78, 5) is 85.8. The monoisotopic (exact) mass is 777 g/mol. The molecule has 0 spiro atoms. The van der Waals surface area contributed by atoms with Crippen molar-refractivity contribution in [3.63, 3.8) is 0 Å². The van der Waals surface area contributed by atoms with E-state index in [9.17, 15) is 38.4 Å². The Kier molecular flexibility index (Phi) is 32.4. The van der Waals surface area contributed by atoms with Crippen LogP contribution in [0.1, 0.15) is 72.3 Å². The summed E-state index contributed by atoms with van der Waals surface area (Å²) < 4.78 is 17.9. The molecule has 54 heavy (non-hydrogen) atoms. The largest absolute Gasteiger partial charge is 0.481 e. The van der Waals surface area contributed by atoms with Gasteiger partial charge in [0.25, 0.3) is 0 Å². The Bertz CT molecular complexity index is 1280. The number of methoxy groups -OCH3 is 4. The molecule has 0 aliphatic rings. The van der Waals surface area contributed by atoms with E-state index in [0.29, 0.717) is 5.56 Å². The van der Waals surface area contributed by atoms with Crippen LogP contribution in [0.5, 0.6) is 0 Å². The Labute approximate surface area is 316 Å². The van der Waals surface area contributed by atoms with Crippen molar-refractivity contribution in [3.8, 4) is 0 Å². The van der Waals surface area contributed by atoms with E-state index >= 15 is 0 Å². The first kappa shape index (κ1) is 55.7. The molecule has 0 aromatic heterocycles. The number of carbonyl (C=O) groups excluding carboxylic acids is 3. The van der Waals surface area contributed by atoms with Crippen molar-refractivity contribution in [1.82, 2.24) is 4.90 Å². The van der Waals surface area contributed by atoms with E-state index in [-0.39, 0.29) is 37.3 Å². The second kappa shape index (κ2) is 31.4. The van der Waals surface area contributed by atoms with Gasteiger partial charge >= 0.3 is 47.8 Å². The second-order valence-corrected chi connectivity index (χ2v) is 12.1. The van der Waals surface area contributed by atoms with Crippen molar-refractivity contribution in [1.29, 1.82) is 0 Å². The number of hydrogen-bond acceptors (Lipinski definition) is 13. The van der Waals surface area contributed by atoms with E-state index in [4.69, 9.17) is 30.3 Å². The van der Waals surface area contributed by atoms with Crippen molar-refractivity contribution in [2.45, 2.75) is 78.9 Å². The number of benzene rings is 1. The van der Waals surface area contributed by atoms with Gasteiger partial charge in [-0.1, -0.05) is 51.1 Å². The molecule has 0 heterocycles. The second-order valence-electron chi connectivity index (χ2n) is 12.1. The van der Waals surface area contributed by atoms with Gasteiger partial charge in [0.1, 0.15) is 6.04 Å². The molecule has 0 amide bonds. The highest BCUT2D eigenvalue weighted by Gasteiger charge is 2.25. The van der Waals surface area contributed by atoms with Gasteiger partial charge in [0.2, 0.25) is 0 Å². The summed E-state index contributed by atoms with van der Waals surface area (Å²) in [6.45, 7) is 9.99. The zero-order valence-corrected chi connectivity index (χ0v) is 33.1. The van der Waals surface area contributed by atoms with E-state index in [1.807, 2.05) is 0 Å². The molecular formula is C36H59NO17. The van der Waals surface area contributed by atoms with E-state index in [1.165, 1.54) is 35.4 Å². The number of likely N-dealkylation sites (N-methyl/N-ethyl adjacent to an activating group) is 1. The van der Waals surface area contributed by atoms with Crippen molar-refractivity contribution in [2.75, 3.05) is 42.5 Å². The highest BCUT2D eigenvalue weighted by molar-refractivity contribution is 5.83. The van der Waals surface area contributed by atoms with Crippen LogP contribution in [0.2, 0.25) is 0 Å². The number of ether oxygens (including phenoxy) is 4. The number of esters is 3. The Hall–Kier alpha value is -5.10. The van der Waals surface area contributed by atoms with Crippen molar-refractivity contribution in [3.05, 3.63) is 35.9 Å². The number of aliphatic carboxylic acids is 5. The third-order valence-electron chi connectivity index (χ3n) is 7.55. The summed E-state index contributed by atoms with van der Waals surface area (Å²) in [5.41, 5.74) is 0.607. The zero-order valence-electron chi connectivity index (χ0n) is 33.1. The highest BCUT2D eigenvalue weighted by Crippen LogP contribution is 2.20. The molecule has 0 bridgehead atoms. The molecule has 0 saturated heterocycles. The molecule has 1 rings (SSSR count). The van der Waals surface area contributed by atoms with Gasteiger partial charge in [-0.2, -0.15) is 0 Å². The Balaban J connectivity index is -0.000000295. The van der Waals surface area contributed by atoms with Crippen molar-refractivity contribution >= 4 is 47.8 Å². The third-order valence-corrected chi connectivity index (χ3v) is 7.55. The lowest BCUT2D eigenvalue weighted by Crippen LogP contribution is -2.32. The molecule has 1 aromatic carbocycles. The smallest absolute Gasteiger partial charge is 0.320 e. The maximum atomic E-state index is 11.0. The standard InChI is InChI=1S/C11H12O4.C8H14O4.C6H10O4.C6H12O3.C5H11NO2/c1-15-10(12)7-9(11(13)14)8-5-3-2-4-6-8;1-5(2)6(8(10)11)4-7(9)12-3;1-4(6(8)9)3-5(7)10-2;1-4(6(7)8)5(2)9-3;1-4(5(7)8)6(2)3/h2-6,9H,7H2,1H3,(H,13,14);5-6H,4H2,1-3H3,(H,10,11);4H,3H2,1-2H3,(H,8,9);4-5H,1-3H3,(H,7,8);4H,1-3H3,(H,7,8)/t9-;6-;4-;4-,5+;4-/m01001/s1. The average Bonchev–Trinajstić information content (AvgIpc) is 3.12. The van der Waals surface area contributed by atoms with E-state index in [0.717, 1.165) is 0 Å². The highest BCUT2D eigenvalue weighted by atomic mass is 16.5. The molecule has 1 aromatic rings. The van der Waals surface area contributed by atoms with Gasteiger partial charge in [-0.3, -0.25) is 43.3 Å². The molecule has 0 aliphatic carbocycles. The van der Waals surface area contributed by atoms with Crippen LogP contribution in [0.25, 0.3) is 0 Å². The average molecular weight is 778 g/mol. The molecule has 0 unspecified atom stereocenters. The zero-order chi connectivity index (χ0) is 43.3. The van der Waals surface area contributed by atoms with Crippen molar-refractivity contribution < 1.29 is 82.8 Å². The molecule has 0 fully saturated rings. The fourth-order valence-corrected chi connectivity index (χ4v) is 3.20. The van der Waals surface area contributed by atoms with Crippen LogP contribution in [-0.2, 0) is 57.3 Å². The molecule has 5 N–H and O–H groups in total. The fourth-order valence-electron chi connectivity index (χ4n) is 3.20. The Morgan fingerprint density at radius 2 is 1.00 bits per heavy atom. The maximum absolute atomic E-state index is 11.0. The number of carbonyl (C=O) groups is 8. The van der Waals surface area contributed by atoms with Crippen LogP contribution in [0, 0.1) is 23.7 Å². The lowest BCUT2D eigenvalue weighted by atomic mass is 9.93. The molecular weight excluding hydrogens is 718 g/mol. The summed E-state index contributed by atoms with van der Waals surface area (Å²) >= 11 is 0. The lowest BCUT2D eigenvalue weighted by Gasteiger charge is -2.13. The Morgan fingerprint density at radius 3 is 1.26 bits per heavy atom. The summed E-state index contributed by atoms with van der Waals surface area (Å²) in [5.74, 6) is -8.65. The molecule has 0 aliphatic heterocycles. The van der Waals surface area contributed by atoms with Crippen LogP contribution in [0.15, 0.2) is 30.3 Å². The minimum absolute atomic E-state index is 0.0521. The van der Waals surface area contributed by atoms with Crippen LogP contribution in [0.3, 0.4) is 0 Å². The Morgan fingerprint density at radius 1 is 0.574 bits per heavy atom. The van der Waals surface area contributed by atoms with Crippen LogP contribution >= 0.6 is 0 Å². The molecule has 310 valence electrons. The summed E-state index contributed by atoms with van der Waals surface area (Å²) in [6, 6.07) is 8.25. The quantitative estimate of drug-likeness (QED) is 0.119. The van der Waals surface area contributed by atoms with Gasteiger partial charge in [0.15, 0.2) is 0 Å². The van der Waals surface area contributed by atoms with Gasteiger partial charge in [-0.05, 0) is 46.3 Å². The summed E-state index contributed by atoms with van der Waals surface area (Å²) in [7, 11) is 8.70. The van der Waals surface area contributed by atoms with E-state index in [2.05, 4.69) is 14.2 Å². The topological polar surface area (TPSA) is 278 Å². The number of nitrogens with zero attached hydrogens (tertiary/aromatic N) is 1. The first-order valence-electron chi connectivity index (χ1n) is 16.4. The number of carboxylic acids is 5. The predicted octanol–water partition coefficient (Wildman–Crippen LogP) is 3.36. The minimum Gasteiger partial charge on any atom is -0.481 e. The van der Waals surface area contributed by atoms with Crippen LogP contribution in [0.4, 0.5) is 0 Å².